The molecule has 2 N–H and O–H groups in total. The predicted octanol–water partition coefficient (Wildman–Crippen LogP) is 4.15. The van der Waals surface area contributed by atoms with Crippen molar-refractivity contribution in [3.63, 3.8) is 0 Å². The van der Waals surface area contributed by atoms with Crippen LogP contribution in [0.25, 0.3) is 10.9 Å². The molecular formula is C16H23ClN2. The molecule has 0 bridgehead atoms. The van der Waals surface area contributed by atoms with E-state index in [2.05, 4.69) is 45.4 Å². The number of benzene rings is 1. The molecule has 2 nitrogen and oxygen atoms in total. The first-order chi connectivity index (χ1) is 8.90. The Morgan fingerprint density at radius 2 is 1.89 bits per heavy atom. The normalized spacial score (nSPS) is 13.5. The van der Waals surface area contributed by atoms with Crippen LogP contribution in [0.3, 0.4) is 0 Å². The lowest BCUT2D eigenvalue weighted by Crippen LogP contribution is -2.18. The first-order valence-corrected chi connectivity index (χ1v) is 7.22. The van der Waals surface area contributed by atoms with Crippen molar-refractivity contribution in [3.8, 4) is 0 Å². The van der Waals surface area contributed by atoms with Gasteiger partial charge in [0.15, 0.2) is 0 Å². The molecule has 0 saturated heterocycles. The molecule has 2 aromatic rings. The fourth-order valence-corrected chi connectivity index (χ4v) is 3.21. The van der Waals surface area contributed by atoms with Gasteiger partial charge in [-0.1, -0.05) is 31.5 Å². The molecule has 104 valence electrons. The molecule has 2 rings (SSSR count). The van der Waals surface area contributed by atoms with Crippen molar-refractivity contribution in [2.75, 3.05) is 6.54 Å². The molecule has 0 amide bonds. The average Bonchev–Trinajstić information content (AvgIpc) is 2.60. The molecule has 3 heteroatoms. The summed E-state index contributed by atoms with van der Waals surface area (Å²) in [5.74, 6) is 0.926. The van der Waals surface area contributed by atoms with Gasteiger partial charge in [-0.05, 0) is 43.5 Å². The molecular weight excluding hydrogens is 256 g/mol. The SMILES string of the molecule is Cc1c(Cl)ccc2c(C(CN)C(C)C)c(C)n(C)c12. The molecule has 1 atom stereocenters. The smallest absolute Gasteiger partial charge is 0.0527 e. The van der Waals surface area contributed by atoms with Gasteiger partial charge < -0.3 is 10.3 Å². The highest BCUT2D eigenvalue weighted by atomic mass is 35.5. The predicted molar refractivity (Wildman–Crippen MR) is 84.0 cm³/mol. The van der Waals surface area contributed by atoms with Gasteiger partial charge >= 0.3 is 0 Å². The Hall–Kier alpha value is -0.990. The summed E-state index contributed by atoms with van der Waals surface area (Å²) in [7, 11) is 2.11. The highest BCUT2D eigenvalue weighted by molar-refractivity contribution is 6.32. The highest BCUT2D eigenvalue weighted by Gasteiger charge is 2.23. The zero-order chi connectivity index (χ0) is 14.3. The molecule has 0 saturated carbocycles. The van der Waals surface area contributed by atoms with Crippen molar-refractivity contribution in [1.82, 2.24) is 4.57 Å². The molecule has 0 fully saturated rings. The summed E-state index contributed by atoms with van der Waals surface area (Å²) in [6.45, 7) is 9.41. The number of fused-ring (bicyclic) bond motifs is 1. The summed E-state index contributed by atoms with van der Waals surface area (Å²) in [4.78, 5) is 0. The quantitative estimate of drug-likeness (QED) is 0.898. The third kappa shape index (κ3) is 2.17. The molecule has 1 aromatic heterocycles. The number of nitrogens with two attached hydrogens (primary N) is 1. The van der Waals surface area contributed by atoms with Crippen LogP contribution >= 0.6 is 11.6 Å². The molecule has 1 aromatic carbocycles. The molecule has 0 aliphatic rings. The Morgan fingerprint density at radius 3 is 2.42 bits per heavy atom. The van der Waals surface area contributed by atoms with Crippen LogP contribution in [0.15, 0.2) is 12.1 Å². The number of rotatable bonds is 3. The molecule has 1 heterocycles. The summed E-state index contributed by atoms with van der Waals surface area (Å²) in [5.41, 5.74) is 11.1. The minimum Gasteiger partial charge on any atom is -0.347 e. The van der Waals surface area contributed by atoms with Gasteiger partial charge in [-0.2, -0.15) is 0 Å². The zero-order valence-corrected chi connectivity index (χ0v) is 13.2. The summed E-state index contributed by atoms with van der Waals surface area (Å²) < 4.78 is 2.25. The molecule has 19 heavy (non-hydrogen) atoms. The van der Waals surface area contributed by atoms with Crippen LogP contribution in [-0.4, -0.2) is 11.1 Å². The van der Waals surface area contributed by atoms with Gasteiger partial charge in [-0.25, -0.2) is 0 Å². The van der Waals surface area contributed by atoms with E-state index in [1.54, 1.807) is 0 Å². The van der Waals surface area contributed by atoms with Gasteiger partial charge in [0.1, 0.15) is 0 Å². The highest BCUT2D eigenvalue weighted by Crippen LogP contribution is 2.37. The van der Waals surface area contributed by atoms with Crippen molar-refractivity contribution < 1.29 is 0 Å². The molecule has 0 radical (unpaired) electrons. The van der Waals surface area contributed by atoms with Crippen LogP contribution in [0, 0.1) is 19.8 Å². The second-order valence-electron chi connectivity index (χ2n) is 5.71. The van der Waals surface area contributed by atoms with E-state index < -0.39 is 0 Å². The summed E-state index contributed by atoms with van der Waals surface area (Å²) in [6.07, 6.45) is 0. The lowest BCUT2D eigenvalue weighted by molar-refractivity contribution is 0.506. The van der Waals surface area contributed by atoms with E-state index in [0.717, 1.165) is 10.6 Å². The van der Waals surface area contributed by atoms with Crippen LogP contribution < -0.4 is 5.73 Å². The Kier molecular flexibility index (Phi) is 3.93. The maximum atomic E-state index is 6.26. The van der Waals surface area contributed by atoms with Gasteiger partial charge in [-0.3, -0.25) is 0 Å². The monoisotopic (exact) mass is 278 g/mol. The van der Waals surface area contributed by atoms with Crippen LogP contribution in [0.5, 0.6) is 0 Å². The van der Waals surface area contributed by atoms with E-state index in [4.69, 9.17) is 17.3 Å². The fourth-order valence-electron chi connectivity index (χ4n) is 3.06. The Balaban J connectivity index is 2.82. The number of aromatic nitrogens is 1. The summed E-state index contributed by atoms with van der Waals surface area (Å²) in [6, 6.07) is 4.13. The van der Waals surface area contributed by atoms with Crippen LogP contribution in [0.4, 0.5) is 0 Å². The number of nitrogens with zero attached hydrogens (tertiary/aromatic N) is 1. The fraction of sp³-hybridized carbons (Fsp3) is 0.500. The van der Waals surface area contributed by atoms with Crippen molar-refractivity contribution in [2.24, 2.45) is 18.7 Å². The average molecular weight is 279 g/mol. The first-order valence-electron chi connectivity index (χ1n) is 6.84. The van der Waals surface area contributed by atoms with Crippen LogP contribution in [-0.2, 0) is 7.05 Å². The number of hydrogen-bond acceptors (Lipinski definition) is 1. The maximum Gasteiger partial charge on any atom is 0.0527 e. The number of aryl methyl sites for hydroxylation is 2. The zero-order valence-electron chi connectivity index (χ0n) is 12.4. The van der Waals surface area contributed by atoms with Gasteiger partial charge in [0.05, 0.1) is 5.52 Å². The second kappa shape index (κ2) is 5.18. The first kappa shape index (κ1) is 14.4. The van der Waals surface area contributed by atoms with E-state index >= 15 is 0 Å². The third-order valence-corrected chi connectivity index (χ3v) is 4.72. The lowest BCUT2D eigenvalue weighted by atomic mass is 9.86. The van der Waals surface area contributed by atoms with Crippen LogP contribution in [0.2, 0.25) is 5.02 Å². The standard InChI is InChI=1S/C16H23ClN2/c1-9(2)13(8-18)15-11(4)19(5)16-10(3)14(17)7-6-12(15)16/h6-7,9,13H,8,18H2,1-5H3. The van der Waals surface area contributed by atoms with E-state index in [1.165, 1.54) is 22.2 Å². The largest absolute Gasteiger partial charge is 0.347 e. The molecule has 0 aliphatic heterocycles. The minimum atomic E-state index is 0.393. The van der Waals surface area contributed by atoms with Crippen molar-refractivity contribution in [1.29, 1.82) is 0 Å². The maximum absolute atomic E-state index is 6.26. The second-order valence-corrected chi connectivity index (χ2v) is 6.12. The summed E-state index contributed by atoms with van der Waals surface area (Å²) in [5, 5.41) is 2.12. The van der Waals surface area contributed by atoms with Gasteiger partial charge in [0, 0.05) is 29.1 Å². The van der Waals surface area contributed by atoms with Gasteiger partial charge in [0.2, 0.25) is 0 Å². The van der Waals surface area contributed by atoms with Gasteiger partial charge in [-0.15, -0.1) is 0 Å². The Morgan fingerprint density at radius 1 is 1.26 bits per heavy atom. The minimum absolute atomic E-state index is 0.393. The number of hydrogen-bond donors (Lipinski definition) is 1. The number of halogens is 1. The Bertz CT molecular complexity index is 611. The lowest BCUT2D eigenvalue weighted by Gasteiger charge is -2.20. The Labute approximate surface area is 120 Å². The summed E-state index contributed by atoms with van der Waals surface area (Å²) >= 11 is 6.26. The molecule has 1 unspecified atom stereocenters. The third-order valence-electron chi connectivity index (χ3n) is 4.31. The molecule has 0 spiro atoms. The van der Waals surface area contributed by atoms with Crippen LogP contribution in [0.1, 0.15) is 36.6 Å². The topological polar surface area (TPSA) is 30.9 Å². The van der Waals surface area contributed by atoms with Crippen molar-refractivity contribution in [3.05, 3.63) is 34.0 Å². The van der Waals surface area contributed by atoms with E-state index in [-0.39, 0.29) is 0 Å². The molecule has 0 aliphatic carbocycles. The van der Waals surface area contributed by atoms with Crippen molar-refractivity contribution >= 4 is 22.5 Å². The van der Waals surface area contributed by atoms with E-state index in [9.17, 15) is 0 Å². The van der Waals surface area contributed by atoms with E-state index in [0.29, 0.717) is 18.4 Å². The van der Waals surface area contributed by atoms with E-state index in [1.807, 2.05) is 6.07 Å². The van der Waals surface area contributed by atoms with Gasteiger partial charge in [0.25, 0.3) is 0 Å². The van der Waals surface area contributed by atoms with Crippen molar-refractivity contribution in [2.45, 2.75) is 33.6 Å².